The fraction of sp³-hybridized carbons (Fsp3) is 0.200. The van der Waals surface area contributed by atoms with Crippen molar-refractivity contribution in [3.63, 3.8) is 0 Å². The van der Waals surface area contributed by atoms with E-state index < -0.39 is 5.97 Å². The van der Waals surface area contributed by atoms with Gasteiger partial charge in [0.15, 0.2) is 5.13 Å². The van der Waals surface area contributed by atoms with Crippen LogP contribution >= 0.6 is 11.3 Å². The molecule has 148 valence electrons. The second kappa shape index (κ2) is 7.88. The Bertz CT molecular complexity index is 1230. The predicted molar refractivity (Wildman–Crippen MR) is 110 cm³/mol. The summed E-state index contributed by atoms with van der Waals surface area (Å²) >= 11 is 1.44. The lowest BCUT2D eigenvalue weighted by atomic mass is 10.2. The maximum absolute atomic E-state index is 13.0. The lowest BCUT2D eigenvalue weighted by Crippen LogP contribution is -2.22. The second-order valence-corrected chi connectivity index (χ2v) is 7.10. The van der Waals surface area contributed by atoms with Crippen molar-refractivity contribution in [1.29, 1.82) is 0 Å². The highest BCUT2D eigenvalue weighted by Crippen LogP contribution is 2.23. The number of carbonyl (C=O) groups is 1. The molecule has 3 aromatic heterocycles. The number of nitrogens with one attached hydrogen (secondary N) is 1. The molecular weight excluding hydrogens is 392 g/mol. The van der Waals surface area contributed by atoms with Crippen LogP contribution in [0.2, 0.25) is 0 Å². The number of aryl methyl sites for hydroxylation is 1. The minimum Gasteiger partial charge on any atom is -0.462 e. The van der Waals surface area contributed by atoms with Gasteiger partial charge in [-0.2, -0.15) is 0 Å². The van der Waals surface area contributed by atoms with Crippen molar-refractivity contribution in [3.05, 3.63) is 69.4 Å². The van der Waals surface area contributed by atoms with Crippen LogP contribution in [0.3, 0.4) is 0 Å². The molecule has 0 spiro atoms. The van der Waals surface area contributed by atoms with Crippen LogP contribution in [0.25, 0.3) is 11.1 Å². The molecule has 0 bridgehead atoms. The predicted octanol–water partition coefficient (Wildman–Crippen LogP) is 3.72. The molecule has 0 saturated heterocycles. The Hall–Kier alpha value is -3.46. The number of hydrogen-bond donors (Lipinski definition) is 1. The molecule has 0 atom stereocenters. The zero-order chi connectivity index (χ0) is 20.4. The van der Waals surface area contributed by atoms with Crippen molar-refractivity contribution in [3.8, 4) is 0 Å². The molecule has 0 aliphatic rings. The van der Waals surface area contributed by atoms with Crippen LogP contribution in [0.4, 0.5) is 10.8 Å². The SMILES string of the molecule is CCOC(=O)c1c(C)oc2ncn(Cc3csc(Nc4ccccc4)n3)c(=O)c12. The third kappa shape index (κ3) is 3.77. The molecule has 0 unspecified atom stereocenters. The molecule has 0 fully saturated rings. The van der Waals surface area contributed by atoms with Gasteiger partial charge in [0.05, 0.1) is 18.8 Å². The van der Waals surface area contributed by atoms with E-state index in [1.165, 1.54) is 22.2 Å². The zero-order valence-electron chi connectivity index (χ0n) is 15.8. The summed E-state index contributed by atoms with van der Waals surface area (Å²) in [5, 5.41) is 5.94. The first-order chi connectivity index (χ1) is 14.1. The number of thiazole rings is 1. The number of hydrogen-bond acceptors (Lipinski definition) is 8. The Balaban J connectivity index is 1.64. The molecule has 0 saturated carbocycles. The summed E-state index contributed by atoms with van der Waals surface area (Å²) in [5.41, 5.74) is 1.51. The van der Waals surface area contributed by atoms with E-state index in [-0.39, 0.29) is 35.4 Å². The molecule has 29 heavy (non-hydrogen) atoms. The van der Waals surface area contributed by atoms with E-state index in [2.05, 4.69) is 15.3 Å². The first kappa shape index (κ1) is 18.9. The van der Waals surface area contributed by atoms with Gasteiger partial charge in [-0.25, -0.2) is 14.8 Å². The van der Waals surface area contributed by atoms with Crippen LogP contribution < -0.4 is 10.9 Å². The number of carbonyl (C=O) groups excluding carboxylic acids is 1. The maximum atomic E-state index is 13.0. The number of ether oxygens (including phenoxy) is 1. The number of fused-ring (bicyclic) bond motifs is 1. The summed E-state index contributed by atoms with van der Waals surface area (Å²) in [4.78, 5) is 34.0. The number of anilines is 2. The van der Waals surface area contributed by atoms with E-state index >= 15 is 0 Å². The molecule has 0 aliphatic carbocycles. The smallest absolute Gasteiger partial charge is 0.342 e. The monoisotopic (exact) mass is 410 g/mol. The minimum atomic E-state index is -0.594. The van der Waals surface area contributed by atoms with Gasteiger partial charge in [-0.1, -0.05) is 18.2 Å². The number of rotatable bonds is 6. The molecule has 8 nitrogen and oxygen atoms in total. The van der Waals surface area contributed by atoms with E-state index in [9.17, 15) is 9.59 Å². The van der Waals surface area contributed by atoms with Gasteiger partial charge in [0.1, 0.15) is 23.0 Å². The highest BCUT2D eigenvalue weighted by Gasteiger charge is 2.24. The first-order valence-corrected chi connectivity index (χ1v) is 9.87. The van der Waals surface area contributed by atoms with Crippen molar-refractivity contribution >= 4 is 39.2 Å². The van der Waals surface area contributed by atoms with Crippen molar-refractivity contribution in [2.75, 3.05) is 11.9 Å². The van der Waals surface area contributed by atoms with E-state index in [0.717, 1.165) is 10.8 Å². The molecule has 0 radical (unpaired) electrons. The molecule has 1 N–H and O–H groups in total. The van der Waals surface area contributed by atoms with Gasteiger partial charge >= 0.3 is 5.97 Å². The quantitative estimate of drug-likeness (QED) is 0.484. The molecule has 0 amide bonds. The molecule has 1 aromatic carbocycles. The first-order valence-electron chi connectivity index (χ1n) is 8.99. The molecule has 4 rings (SSSR count). The summed E-state index contributed by atoms with van der Waals surface area (Å²) in [6, 6.07) is 9.70. The highest BCUT2D eigenvalue weighted by atomic mass is 32.1. The normalized spacial score (nSPS) is 11.0. The second-order valence-electron chi connectivity index (χ2n) is 6.25. The van der Waals surface area contributed by atoms with Gasteiger partial charge in [0.2, 0.25) is 5.71 Å². The van der Waals surface area contributed by atoms with Gasteiger partial charge in [-0.05, 0) is 26.0 Å². The van der Waals surface area contributed by atoms with E-state index in [0.29, 0.717) is 11.5 Å². The van der Waals surface area contributed by atoms with Crippen LogP contribution in [-0.4, -0.2) is 27.1 Å². The minimum absolute atomic E-state index is 0.122. The van der Waals surface area contributed by atoms with Gasteiger partial charge in [0.25, 0.3) is 5.56 Å². The number of benzene rings is 1. The number of para-hydroxylation sites is 1. The number of esters is 1. The van der Waals surface area contributed by atoms with Crippen molar-refractivity contribution < 1.29 is 13.9 Å². The average Bonchev–Trinajstić information content (AvgIpc) is 3.28. The molecular formula is C20H18N4O4S. The van der Waals surface area contributed by atoms with Crippen molar-refractivity contribution in [2.24, 2.45) is 0 Å². The number of furan rings is 1. The summed E-state index contributed by atoms with van der Waals surface area (Å²) in [5.74, 6) is -0.285. The van der Waals surface area contributed by atoms with E-state index in [1.807, 2.05) is 35.7 Å². The Morgan fingerprint density at radius 1 is 1.31 bits per heavy atom. The van der Waals surface area contributed by atoms with Crippen LogP contribution in [0.1, 0.15) is 28.7 Å². The highest BCUT2D eigenvalue weighted by molar-refractivity contribution is 7.13. The van der Waals surface area contributed by atoms with Crippen molar-refractivity contribution in [2.45, 2.75) is 20.4 Å². The van der Waals surface area contributed by atoms with E-state index in [1.54, 1.807) is 13.8 Å². The lowest BCUT2D eigenvalue weighted by molar-refractivity contribution is 0.0526. The summed E-state index contributed by atoms with van der Waals surface area (Å²) in [7, 11) is 0. The van der Waals surface area contributed by atoms with Gasteiger partial charge in [0, 0.05) is 11.1 Å². The number of nitrogens with zero attached hydrogens (tertiary/aromatic N) is 3. The third-order valence-corrected chi connectivity index (χ3v) is 5.05. The van der Waals surface area contributed by atoms with E-state index in [4.69, 9.17) is 9.15 Å². The Labute approximate surface area is 169 Å². The number of aromatic nitrogens is 3. The lowest BCUT2D eigenvalue weighted by Gasteiger charge is -2.04. The Morgan fingerprint density at radius 3 is 2.86 bits per heavy atom. The third-order valence-electron chi connectivity index (χ3n) is 4.24. The fourth-order valence-corrected chi connectivity index (χ4v) is 3.68. The summed E-state index contributed by atoms with van der Waals surface area (Å²) in [6.07, 6.45) is 1.40. The van der Waals surface area contributed by atoms with Crippen LogP contribution in [0.5, 0.6) is 0 Å². The van der Waals surface area contributed by atoms with Gasteiger partial charge in [-0.3, -0.25) is 9.36 Å². The van der Waals surface area contributed by atoms with Gasteiger partial charge in [-0.15, -0.1) is 11.3 Å². The fourth-order valence-electron chi connectivity index (χ4n) is 2.96. The topological polar surface area (TPSA) is 99.2 Å². The summed E-state index contributed by atoms with van der Waals surface area (Å²) in [6.45, 7) is 3.74. The van der Waals surface area contributed by atoms with Crippen LogP contribution in [0.15, 0.2) is 51.3 Å². The molecule has 9 heteroatoms. The standard InChI is InChI=1S/C20H18N4O4S/c1-3-27-19(26)15-12(2)28-17-16(15)18(25)24(11-21-17)9-14-10-29-20(23-14)22-13-7-5-4-6-8-13/h4-8,10-11H,3,9H2,1-2H3,(H,22,23). The maximum Gasteiger partial charge on any atom is 0.342 e. The molecule has 4 aromatic rings. The van der Waals surface area contributed by atoms with Crippen LogP contribution in [-0.2, 0) is 11.3 Å². The van der Waals surface area contributed by atoms with Crippen LogP contribution in [0, 0.1) is 6.92 Å². The Kier molecular flexibility index (Phi) is 5.13. The Morgan fingerprint density at radius 2 is 2.10 bits per heavy atom. The largest absolute Gasteiger partial charge is 0.462 e. The average molecular weight is 410 g/mol. The summed E-state index contributed by atoms with van der Waals surface area (Å²) < 4.78 is 11.9. The zero-order valence-corrected chi connectivity index (χ0v) is 16.7. The van der Waals surface area contributed by atoms with Crippen molar-refractivity contribution in [1.82, 2.24) is 14.5 Å². The van der Waals surface area contributed by atoms with Gasteiger partial charge < -0.3 is 14.5 Å². The molecule has 0 aliphatic heterocycles. The molecule has 3 heterocycles.